The molecule has 1 aliphatic carbocycles. The van der Waals surface area contributed by atoms with Gasteiger partial charge in [-0.25, -0.2) is 0 Å². The van der Waals surface area contributed by atoms with Crippen LogP contribution in [0.25, 0.3) is 0 Å². The van der Waals surface area contributed by atoms with Crippen molar-refractivity contribution in [1.29, 1.82) is 0 Å². The van der Waals surface area contributed by atoms with Gasteiger partial charge in [-0.05, 0) is 30.9 Å². The van der Waals surface area contributed by atoms with E-state index < -0.39 is 0 Å². The van der Waals surface area contributed by atoms with E-state index in [1.807, 2.05) is 12.1 Å². The maximum atomic E-state index is 9.38. The Morgan fingerprint density at radius 3 is 2.71 bits per heavy atom. The van der Waals surface area contributed by atoms with Gasteiger partial charge in [0.2, 0.25) is 0 Å². The van der Waals surface area contributed by atoms with Gasteiger partial charge in [0.1, 0.15) is 0 Å². The molecule has 2 rings (SSSR count). The number of rotatable bonds is 4. The second-order valence-electron chi connectivity index (χ2n) is 4.96. The molecule has 0 saturated heterocycles. The van der Waals surface area contributed by atoms with Crippen LogP contribution in [-0.2, 0) is 6.61 Å². The summed E-state index contributed by atoms with van der Waals surface area (Å²) in [5.41, 5.74) is 2.16. The third kappa shape index (κ3) is 3.23. The van der Waals surface area contributed by atoms with Crippen molar-refractivity contribution in [1.82, 2.24) is 0 Å². The fourth-order valence-corrected chi connectivity index (χ4v) is 3.05. The molecule has 1 saturated carbocycles. The summed E-state index contributed by atoms with van der Waals surface area (Å²) in [5.74, 6) is 0.825. The predicted molar refractivity (Wildman–Crippen MR) is 75.3 cm³/mol. The van der Waals surface area contributed by atoms with Crippen LogP contribution < -0.4 is 4.90 Å². The molecule has 2 nitrogen and oxygen atoms in total. The number of aliphatic hydroxyl groups is 1. The zero-order valence-corrected chi connectivity index (χ0v) is 11.9. The number of hydrogen-bond acceptors (Lipinski definition) is 2. The van der Waals surface area contributed by atoms with Crippen molar-refractivity contribution in [2.24, 2.45) is 5.92 Å². The summed E-state index contributed by atoms with van der Waals surface area (Å²) >= 11 is 3.50. The Kier molecular flexibility index (Phi) is 4.46. The first kappa shape index (κ1) is 12.9. The van der Waals surface area contributed by atoms with E-state index in [-0.39, 0.29) is 6.61 Å². The Morgan fingerprint density at radius 1 is 1.35 bits per heavy atom. The van der Waals surface area contributed by atoms with Crippen molar-refractivity contribution < 1.29 is 5.11 Å². The highest BCUT2D eigenvalue weighted by molar-refractivity contribution is 9.10. The van der Waals surface area contributed by atoms with Gasteiger partial charge < -0.3 is 10.0 Å². The lowest BCUT2D eigenvalue weighted by Crippen LogP contribution is -2.25. The SMILES string of the molecule is CN(CC1CCCC1)c1cc(Br)ccc1CO. The zero-order valence-electron chi connectivity index (χ0n) is 10.3. The first-order chi connectivity index (χ1) is 8.20. The van der Waals surface area contributed by atoms with Crippen molar-refractivity contribution in [3.05, 3.63) is 28.2 Å². The number of halogens is 1. The first-order valence-corrected chi connectivity index (χ1v) is 7.10. The quantitative estimate of drug-likeness (QED) is 0.918. The number of nitrogens with zero attached hydrogens (tertiary/aromatic N) is 1. The third-order valence-corrected chi connectivity index (χ3v) is 4.13. The molecule has 1 aromatic rings. The van der Waals surface area contributed by atoms with Crippen molar-refractivity contribution >= 4 is 21.6 Å². The molecular weight excluding hydrogens is 278 g/mol. The molecule has 0 aliphatic heterocycles. The molecule has 1 aliphatic rings. The minimum atomic E-state index is 0.109. The van der Waals surface area contributed by atoms with Crippen molar-refractivity contribution in [3.8, 4) is 0 Å². The second kappa shape index (κ2) is 5.87. The van der Waals surface area contributed by atoms with Crippen molar-refractivity contribution in [2.45, 2.75) is 32.3 Å². The van der Waals surface area contributed by atoms with Gasteiger partial charge in [-0.2, -0.15) is 0 Å². The van der Waals surface area contributed by atoms with Crippen LogP contribution in [0.1, 0.15) is 31.2 Å². The van der Waals surface area contributed by atoms with Gasteiger partial charge in [0, 0.05) is 29.3 Å². The monoisotopic (exact) mass is 297 g/mol. The number of benzene rings is 1. The van der Waals surface area contributed by atoms with E-state index in [2.05, 4.69) is 33.9 Å². The van der Waals surface area contributed by atoms with E-state index in [0.717, 1.165) is 28.2 Å². The lowest BCUT2D eigenvalue weighted by atomic mass is 10.1. The van der Waals surface area contributed by atoms with Gasteiger partial charge >= 0.3 is 0 Å². The summed E-state index contributed by atoms with van der Waals surface area (Å²) in [4.78, 5) is 2.28. The molecule has 17 heavy (non-hydrogen) atoms. The van der Waals surface area contributed by atoms with Crippen molar-refractivity contribution in [2.75, 3.05) is 18.5 Å². The average molecular weight is 298 g/mol. The van der Waals surface area contributed by atoms with Crippen LogP contribution in [-0.4, -0.2) is 18.7 Å². The molecule has 0 aromatic heterocycles. The maximum Gasteiger partial charge on any atom is 0.0702 e. The lowest BCUT2D eigenvalue weighted by molar-refractivity contribution is 0.282. The van der Waals surface area contributed by atoms with Gasteiger partial charge in [0.25, 0.3) is 0 Å². The summed E-state index contributed by atoms with van der Waals surface area (Å²) in [5, 5.41) is 9.38. The van der Waals surface area contributed by atoms with Gasteiger partial charge in [-0.15, -0.1) is 0 Å². The zero-order chi connectivity index (χ0) is 12.3. The van der Waals surface area contributed by atoms with Gasteiger partial charge in [-0.1, -0.05) is 34.8 Å². The van der Waals surface area contributed by atoms with E-state index in [9.17, 15) is 5.11 Å². The summed E-state index contributed by atoms with van der Waals surface area (Å²) in [6.07, 6.45) is 5.47. The number of hydrogen-bond donors (Lipinski definition) is 1. The van der Waals surface area contributed by atoms with Gasteiger partial charge in [0.15, 0.2) is 0 Å². The topological polar surface area (TPSA) is 23.5 Å². The largest absolute Gasteiger partial charge is 0.392 e. The molecule has 3 heteroatoms. The Labute approximate surface area is 112 Å². The minimum Gasteiger partial charge on any atom is -0.392 e. The first-order valence-electron chi connectivity index (χ1n) is 6.31. The normalized spacial score (nSPS) is 16.4. The molecular formula is C14H20BrNO. The molecule has 0 heterocycles. The highest BCUT2D eigenvalue weighted by Gasteiger charge is 2.18. The maximum absolute atomic E-state index is 9.38. The standard InChI is InChI=1S/C14H20BrNO/c1-16(9-11-4-2-3-5-11)14-8-13(15)7-6-12(14)10-17/h6-8,11,17H,2-5,9-10H2,1H3. The number of anilines is 1. The van der Waals surface area contributed by atoms with E-state index in [1.54, 1.807) is 0 Å². The van der Waals surface area contributed by atoms with Crippen LogP contribution in [0.5, 0.6) is 0 Å². The molecule has 0 radical (unpaired) electrons. The van der Waals surface area contributed by atoms with E-state index >= 15 is 0 Å². The van der Waals surface area contributed by atoms with Crippen LogP contribution in [0.3, 0.4) is 0 Å². The predicted octanol–water partition coefficient (Wildman–Crippen LogP) is 3.57. The van der Waals surface area contributed by atoms with Crippen LogP contribution >= 0.6 is 15.9 Å². The molecule has 0 unspecified atom stereocenters. The second-order valence-corrected chi connectivity index (χ2v) is 5.88. The Balaban J connectivity index is 2.11. The summed E-state index contributed by atoms with van der Waals surface area (Å²) < 4.78 is 1.07. The fourth-order valence-electron chi connectivity index (χ4n) is 2.70. The molecule has 0 amide bonds. The Hall–Kier alpha value is -0.540. The smallest absolute Gasteiger partial charge is 0.0702 e. The minimum absolute atomic E-state index is 0.109. The molecule has 0 bridgehead atoms. The van der Waals surface area contributed by atoms with Crippen molar-refractivity contribution in [3.63, 3.8) is 0 Å². The highest BCUT2D eigenvalue weighted by atomic mass is 79.9. The van der Waals surface area contributed by atoms with Crippen LogP contribution in [0, 0.1) is 5.92 Å². The van der Waals surface area contributed by atoms with Crippen LogP contribution in [0.4, 0.5) is 5.69 Å². The average Bonchev–Trinajstić information content (AvgIpc) is 2.81. The molecule has 1 fully saturated rings. The van der Waals surface area contributed by atoms with E-state index in [1.165, 1.54) is 25.7 Å². The van der Waals surface area contributed by atoms with Gasteiger partial charge in [0.05, 0.1) is 6.61 Å². The van der Waals surface area contributed by atoms with E-state index in [4.69, 9.17) is 0 Å². The van der Waals surface area contributed by atoms with Crippen LogP contribution in [0.15, 0.2) is 22.7 Å². The molecule has 0 atom stereocenters. The van der Waals surface area contributed by atoms with Crippen LogP contribution in [0.2, 0.25) is 0 Å². The lowest BCUT2D eigenvalue weighted by Gasteiger charge is -2.25. The Bertz CT molecular complexity index is 374. The molecule has 1 N–H and O–H groups in total. The highest BCUT2D eigenvalue weighted by Crippen LogP contribution is 2.29. The molecule has 0 spiro atoms. The molecule has 94 valence electrons. The number of aliphatic hydroxyl groups excluding tert-OH is 1. The van der Waals surface area contributed by atoms with E-state index in [0.29, 0.717) is 0 Å². The molecule has 1 aromatic carbocycles. The Morgan fingerprint density at radius 2 is 2.06 bits per heavy atom. The summed E-state index contributed by atoms with van der Waals surface area (Å²) in [6, 6.07) is 6.07. The fraction of sp³-hybridized carbons (Fsp3) is 0.571. The summed E-state index contributed by atoms with van der Waals surface area (Å²) in [6.45, 7) is 1.21. The van der Waals surface area contributed by atoms with Gasteiger partial charge in [-0.3, -0.25) is 0 Å². The third-order valence-electron chi connectivity index (χ3n) is 3.64. The summed E-state index contributed by atoms with van der Waals surface area (Å²) in [7, 11) is 2.12.